The van der Waals surface area contributed by atoms with Gasteiger partial charge in [-0.3, -0.25) is 0 Å². The van der Waals surface area contributed by atoms with Gasteiger partial charge in [0, 0.05) is 0 Å². The lowest BCUT2D eigenvalue weighted by Gasteiger charge is -2.28. The Morgan fingerprint density at radius 2 is 1.34 bits per heavy atom. The van der Waals surface area contributed by atoms with Crippen molar-refractivity contribution >= 4 is 5.97 Å². The first-order chi connectivity index (χ1) is 14.2. The number of hydrogen-bond acceptors (Lipinski definition) is 4. The molecular formula is C25H28O4. The summed E-state index contributed by atoms with van der Waals surface area (Å²) in [6, 6.07) is 15.3. The van der Waals surface area contributed by atoms with E-state index in [4.69, 9.17) is 14.2 Å². The lowest BCUT2D eigenvalue weighted by molar-refractivity contribution is 0.0195. The standard InChI is InChI=1S/C25H28O4/c1-3-17-27-22-11-5-19(6-12-22)20-7-15-24(16-8-20)29-25(26)21-9-13-23(14-10-21)28-18-4-2/h3-6,9-14,20,24H,1-2,7-8,15-18H2. The average molecular weight is 392 g/mol. The lowest BCUT2D eigenvalue weighted by Crippen LogP contribution is -2.24. The van der Waals surface area contributed by atoms with Gasteiger partial charge in [0.05, 0.1) is 5.56 Å². The fourth-order valence-corrected chi connectivity index (χ4v) is 3.57. The molecule has 0 amide bonds. The van der Waals surface area contributed by atoms with Crippen molar-refractivity contribution in [2.24, 2.45) is 0 Å². The summed E-state index contributed by atoms with van der Waals surface area (Å²) in [5.74, 6) is 1.80. The number of esters is 1. The normalized spacial score (nSPS) is 18.5. The number of carbonyl (C=O) groups is 1. The van der Waals surface area contributed by atoms with E-state index in [0.717, 1.165) is 31.4 Å². The zero-order valence-corrected chi connectivity index (χ0v) is 16.7. The molecule has 4 nitrogen and oxygen atoms in total. The van der Waals surface area contributed by atoms with Gasteiger partial charge in [-0.05, 0) is 73.6 Å². The van der Waals surface area contributed by atoms with Gasteiger partial charge in [-0.2, -0.15) is 0 Å². The molecule has 3 rings (SSSR count). The molecule has 0 aromatic heterocycles. The summed E-state index contributed by atoms with van der Waals surface area (Å²) in [6.07, 6.45) is 7.19. The van der Waals surface area contributed by atoms with Crippen molar-refractivity contribution < 1.29 is 19.0 Å². The third-order valence-corrected chi connectivity index (χ3v) is 5.13. The second-order valence-corrected chi connectivity index (χ2v) is 7.17. The van der Waals surface area contributed by atoms with Crippen LogP contribution in [0.2, 0.25) is 0 Å². The van der Waals surface area contributed by atoms with E-state index in [1.54, 1.807) is 36.4 Å². The first kappa shape index (κ1) is 20.7. The van der Waals surface area contributed by atoms with Crippen LogP contribution in [0.25, 0.3) is 0 Å². The average Bonchev–Trinajstić information content (AvgIpc) is 2.77. The summed E-state index contributed by atoms with van der Waals surface area (Å²) >= 11 is 0. The summed E-state index contributed by atoms with van der Waals surface area (Å²) in [6.45, 7) is 8.23. The van der Waals surface area contributed by atoms with E-state index in [9.17, 15) is 4.79 Å². The van der Waals surface area contributed by atoms with Crippen LogP contribution in [-0.4, -0.2) is 25.3 Å². The molecule has 2 aromatic carbocycles. The van der Waals surface area contributed by atoms with Gasteiger partial charge in [0.25, 0.3) is 0 Å². The van der Waals surface area contributed by atoms with Crippen molar-refractivity contribution in [2.75, 3.05) is 13.2 Å². The highest BCUT2D eigenvalue weighted by atomic mass is 16.5. The maximum absolute atomic E-state index is 12.4. The number of benzene rings is 2. The van der Waals surface area contributed by atoms with Gasteiger partial charge >= 0.3 is 5.97 Å². The van der Waals surface area contributed by atoms with Crippen molar-refractivity contribution in [3.8, 4) is 11.5 Å². The summed E-state index contributed by atoms with van der Waals surface area (Å²) in [7, 11) is 0. The molecule has 0 spiro atoms. The molecule has 2 aromatic rings. The molecule has 1 fully saturated rings. The molecule has 1 saturated carbocycles. The molecule has 0 unspecified atom stereocenters. The van der Waals surface area contributed by atoms with Crippen LogP contribution in [0.5, 0.6) is 11.5 Å². The van der Waals surface area contributed by atoms with E-state index in [1.165, 1.54) is 5.56 Å². The van der Waals surface area contributed by atoms with E-state index in [2.05, 4.69) is 25.3 Å². The number of hydrogen-bond donors (Lipinski definition) is 0. The molecule has 1 aliphatic carbocycles. The van der Waals surface area contributed by atoms with Crippen molar-refractivity contribution in [2.45, 2.75) is 37.7 Å². The van der Waals surface area contributed by atoms with Crippen LogP contribution in [0.3, 0.4) is 0 Å². The first-order valence-electron chi connectivity index (χ1n) is 10.1. The maximum atomic E-state index is 12.4. The largest absolute Gasteiger partial charge is 0.490 e. The van der Waals surface area contributed by atoms with Crippen LogP contribution in [0, 0.1) is 0 Å². The quantitative estimate of drug-likeness (QED) is 0.406. The summed E-state index contributed by atoms with van der Waals surface area (Å²) < 4.78 is 16.7. The Kier molecular flexibility index (Phi) is 7.51. The predicted molar refractivity (Wildman–Crippen MR) is 115 cm³/mol. The highest BCUT2D eigenvalue weighted by Gasteiger charge is 2.25. The molecule has 0 radical (unpaired) electrons. The Bertz CT molecular complexity index is 800. The lowest BCUT2D eigenvalue weighted by atomic mass is 9.83. The fourth-order valence-electron chi connectivity index (χ4n) is 3.57. The molecule has 0 bridgehead atoms. The Balaban J connectivity index is 1.47. The van der Waals surface area contributed by atoms with E-state index in [1.807, 2.05) is 12.1 Å². The highest BCUT2D eigenvalue weighted by Crippen LogP contribution is 2.35. The summed E-state index contributed by atoms with van der Waals surface area (Å²) in [4.78, 5) is 12.4. The van der Waals surface area contributed by atoms with E-state index >= 15 is 0 Å². The second kappa shape index (κ2) is 10.5. The van der Waals surface area contributed by atoms with Gasteiger partial charge in [0.15, 0.2) is 0 Å². The fraction of sp³-hybridized carbons (Fsp3) is 0.320. The predicted octanol–water partition coefficient (Wildman–Crippen LogP) is 5.70. The number of rotatable bonds is 9. The molecule has 4 heteroatoms. The van der Waals surface area contributed by atoms with Gasteiger partial charge in [-0.1, -0.05) is 37.4 Å². The third kappa shape index (κ3) is 5.98. The van der Waals surface area contributed by atoms with Crippen molar-refractivity contribution in [1.29, 1.82) is 0 Å². The summed E-state index contributed by atoms with van der Waals surface area (Å²) in [5, 5.41) is 0. The van der Waals surface area contributed by atoms with Crippen LogP contribution < -0.4 is 9.47 Å². The zero-order valence-electron chi connectivity index (χ0n) is 16.7. The van der Waals surface area contributed by atoms with E-state index in [0.29, 0.717) is 30.4 Å². The Labute approximate surface area is 172 Å². The minimum absolute atomic E-state index is 0.0226. The molecule has 29 heavy (non-hydrogen) atoms. The molecule has 0 heterocycles. The van der Waals surface area contributed by atoms with Crippen LogP contribution in [-0.2, 0) is 4.74 Å². The highest BCUT2D eigenvalue weighted by molar-refractivity contribution is 5.89. The Morgan fingerprint density at radius 1 is 0.828 bits per heavy atom. The van der Waals surface area contributed by atoms with Gasteiger partial charge in [0.2, 0.25) is 0 Å². The number of carbonyl (C=O) groups excluding carboxylic acids is 1. The molecular weight excluding hydrogens is 364 g/mol. The van der Waals surface area contributed by atoms with Gasteiger partial charge in [-0.25, -0.2) is 4.79 Å². The molecule has 152 valence electrons. The minimum atomic E-state index is -0.271. The monoisotopic (exact) mass is 392 g/mol. The van der Waals surface area contributed by atoms with E-state index in [-0.39, 0.29) is 12.1 Å². The molecule has 0 saturated heterocycles. The topological polar surface area (TPSA) is 44.8 Å². The van der Waals surface area contributed by atoms with Crippen LogP contribution in [0.4, 0.5) is 0 Å². The molecule has 0 atom stereocenters. The maximum Gasteiger partial charge on any atom is 0.338 e. The zero-order chi connectivity index (χ0) is 20.5. The van der Waals surface area contributed by atoms with Crippen LogP contribution in [0.15, 0.2) is 73.8 Å². The van der Waals surface area contributed by atoms with Gasteiger partial charge in [-0.15, -0.1) is 0 Å². The SMILES string of the molecule is C=CCOc1ccc(C(=O)OC2CCC(c3ccc(OCC=C)cc3)CC2)cc1. The van der Waals surface area contributed by atoms with Crippen LogP contribution in [0.1, 0.15) is 47.5 Å². The minimum Gasteiger partial charge on any atom is -0.490 e. The van der Waals surface area contributed by atoms with E-state index < -0.39 is 0 Å². The van der Waals surface area contributed by atoms with Gasteiger partial charge < -0.3 is 14.2 Å². The van der Waals surface area contributed by atoms with Crippen molar-refractivity contribution in [3.05, 3.63) is 85.0 Å². The molecule has 0 N–H and O–H groups in total. The van der Waals surface area contributed by atoms with Gasteiger partial charge in [0.1, 0.15) is 30.8 Å². The Morgan fingerprint density at radius 3 is 1.86 bits per heavy atom. The van der Waals surface area contributed by atoms with Crippen molar-refractivity contribution in [1.82, 2.24) is 0 Å². The van der Waals surface area contributed by atoms with Crippen LogP contribution >= 0.6 is 0 Å². The summed E-state index contributed by atoms with van der Waals surface area (Å²) in [5.41, 5.74) is 1.86. The third-order valence-electron chi connectivity index (χ3n) is 5.13. The first-order valence-corrected chi connectivity index (χ1v) is 10.1. The Hall–Kier alpha value is -3.01. The second-order valence-electron chi connectivity index (χ2n) is 7.17. The molecule has 0 aliphatic heterocycles. The number of ether oxygens (including phenoxy) is 3. The smallest absolute Gasteiger partial charge is 0.338 e. The van der Waals surface area contributed by atoms with Crippen molar-refractivity contribution in [3.63, 3.8) is 0 Å². The molecule has 1 aliphatic rings.